The third kappa shape index (κ3) is 2.86. The first-order chi connectivity index (χ1) is 8.20. The monoisotopic (exact) mass is 232 g/mol. The van der Waals surface area contributed by atoms with E-state index in [4.69, 9.17) is 5.73 Å². The number of piperidine rings is 1. The standard InChI is InChI=1S/C14H20N2O/c1-2-16-8-4-7-13(10-16)11-5-3-6-12(9-11)14(15)17/h3,5-6,9,13H,2,4,7-8,10H2,1H3,(H2,15,17)/t13-/m1/s1. The van der Waals surface area contributed by atoms with Crippen molar-refractivity contribution >= 4 is 5.91 Å². The quantitative estimate of drug-likeness (QED) is 0.866. The molecule has 0 saturated carbocycles. The van der Waals surface area contributed by atoms with E-state index in [1.165, 1.54) is 24.9 Å². The maximum atomic E-state index is 11.2. The number of benzene rings is 1. The van der Waals surface area contributed by atoms with Gasteiger partial charge in [0, 0.05) is 12.1 Å². The lowest BCUT2D eigenvalue weighted by Gasteiger charge is -2.32. The molecule has 2 N–H and O–H groups in total. The van der Waals surface area contributed by atoms with Crippen LogP contribution in [0.4, 0.5) is 0 Å². The number of nitrogens with two attached hydrogens (primary N) is 1. The molecule has 92 valence electrons. The van der Waals surface area contributed by atoms with Crippen molar-refractivity contribution in [3.05, 3.63) is 35.4 Å². The van der Waals surface area contributed by atoms with Crippen LogP contribution >= 0.6 is 0 Å². The number of likely N-dealkylation sites (tertiary alicyclic amines) is 1. The van der Waals surface area contributed by atoms with Crippen LogP contribution in [-0.2, 0) is 0 Å². The van der Waals surface area contributed by atoms with Crippen molar-refractivity contribution < 1.29 is 4.79 Å². The fraction of sp³-hybridized carbons (Fsp3) is 0.500. The zero-order valence-electron chi connectivity index (χ0n) is 10.4. The molecule has 1 atom stereocenters. The molecule has 2 rings (SSSR count). The van der Waals surface area contributed by atoms with Crippen LogP contribution in [-0.4, -0.2) is 30.4 Å². The third-order valence-corrected chi connectivity index (χ3v) is 3.60. The van der Waals surface area contributed by atoms with Crippen molar-refractivity contribution in [2.24, 2.45) is 5.73 Å². The molecule has 17 heavy (non-hydrogen) atoms. The van der Waals surface area contributed by atoms with Gasteiger partial charge in [-0.2, -0.15) is 0 Å². The Morgan fingerprint density at radius 1 is 1.53 bits per heavy atom. The molecule has 1 aliphatic heterocycles. The zero-order chi connectivity index (χ0) is 12.3. The fourth-order valence-electron chi connectivity index (χ4n) is 2.56. The summed E-state index contributed by atoms with van der Waals surface area (Å²) in [6.07, 6.45) is 2.44. The van der Waals surface area contributed by atoms with Crippen LogP contribution in [0.5, 0.6) is 0 Å². The number of primary amides is 1. The summed E-state index contributed by atoms with van der Waals surface area (Å²) in [5, 5.41) is 0. The average molecular weight is 232 g/mol. The van der Waals surface area contributed by atoms with E-state index in [0.717, 1.165) is 13.1 Å². The highest BCUT2D eigenvalue weighted by molar-refractivity contribution is 5.92. The molecule has 3 nitrogen and oxygen atoms in total. The fourth-order valence-corrected chi connectivity index (χ4v) is 2.56. The molecule has 0 radical (unpaired) electrons. The highest BCUT2D eigenvalue weighted by Gasteiger charge is 2.20. The van der Waals surface area contributed by atoms with Crippen LogP contribution < -0.4 is 5.73 Å². The van der Waals surface area contributed by atoms with Crippen LogP contribution in [0.15, 0.2) is 24.3 Å². The maximum Gasteiger partial charge on any atom is 0.248 e. The van der Waals surface area contributed by atoms with Crippen molar-refractivity contribution in [3.63, 3.8) is 0 Å². The number of carbonyl (C=O) groups is 1. The first kappa shape index (κ1) is 12.1. The summed E-state index contributed by atoms with van der Waals surface area (Å²) in [5.74, 6) is 0.206. The van der Waals surface area contributed by atoms with E-state index in [-0.39, 0.29) is 5.91 Å². The van der Waals surface area contributed by atoms with Gasteiger partial charge < -0.3 is 10.6 Å². The zero-order valence-corrected chi connectivity index (χ0v) is 10.4. The van der Waals surface area contributed by atoms with Crippen LogP contribution in [0.3, 0.4) is 0 Å². The van der Waals surface area contributed by atoms with Crippen LogP contribution in [0, 0.1) is 0 Å². The van der Waals surface area contributed by atoms with E-state index in [1.54, 1.807) is 6.07 Å². The molecule has 1 aliphatic rings. The van der Waals surface area contributed by atoms with Crippen LogP contribution in [0.25, 0.3) is 0 Å². The molecular weight excluding hydrogens is 212 g/mol. The number of rotatable bonds is 3. The van der Waals surface area contributed by atoms with Gasteiger partial charge in [0.05, 0.1) is 0 Å². The van der Waals surface area contributed by atoms with Gasteiger partial charge in [0.1, 0.15) is 0 Å². The number of carbonyl (C=O) groups excluding carboxylic acids is 1. The van der Waals surface area contributed by atoms with E-state index in [9.17, 15) is 4.79 Å². The lowest BCUT2D eigenvalue weighted by atomic mass is 9.89. The molecule has 0 bridgehead atoms. The third-order valence-electron chi connectivity index (χ3n) is 3.60. The maximum absolute atomic E-state index is 11.2. The second-order valence-corrected chi connectivity index (χ2v) is 4.72. The highest BCUT2D eigenvalue weighted by Crippen LogP contribution is 2.27. The Labute approximate surface area is 103 Å². The van der Waals surface area contributed by atoms with Gasteiger partial charge in [0.15, 0.2) is 0 Å². The topological polar surface area (TPSA) is 46.3 Å². The summed E-state index contributed by atoms with van der Waals surface area (Å²) in [4.78, 5) is 13.6. The number of likely N-dealkylation sites (N-methyl/N-ethyl adjacent to an activating group) is 1. The summed E-state index contributed by atoms with van der Waals surface area (Å²) in [7, 11) is 0. The Morgan fingerprint density at radius 2 is 2.35 bits per heavy atom. The molecule has 1 aromatic carbocycles. The van der Waals surface area contributed by atoms with E-state index >= 15 is 0 Å². The predicted molar refractivity (Wildman–Crippen MR) is 69.0 cm³/mol. The van der Waals surface area contributed by atoms with E-state index < -0.39 is 0 Å². The van der Waals surface area contributed by atoms with Crippen molar-refractivity contribution in [2.75, 3.05) is 19.6 Å². The Balaban J connectivity index is 2.16. The average Bonchev–Trinajstić information content (AvgIpc) is 2.39. The Morgan fingerprint density at radius 3 is 3.06 bits per heavy atom. The first-order valence-electron chi connectivity index (χ1n) is 6.33. The minimum Gasteiger partial charge on any atom is -0.366 e. The Kier molecular flexibility index (Phi) is 3.79. The summed E-state index contributed by atoms with van der Waals surface area (Å²) < 4.78 is 0. The molecule has 0 unspecified atom stereocenters. The van der Waals surface area contributed by atoms with E-state index in [2.05, 4.69) is 17.9 Å². The molecule has 0 aliphatic carbocycles. The number of hydrogen-bond donors (Lipinski definition) is 1. The molecular formula is C14H20N2O. The van der Waals surface area contributed by atoms with Gasteiger partial charge in [-0.05, 0) is 49.5 Å². The number of amides is 1. The molecule has 1 amide bonds. The molecule has 1 heterocycles. The molecule has 3 heteroatoms. The minimum absolute atomic E-state index is 0.338. The Bertz CT molecular complexity index is 403. The van der Waals surface area contributed by atoms with Crippen LogP contribution in [0.2, 0.25) is 0 Å². The molecule has 1 saturated heterocycles. The summed E-state index contributed by atoms with van der Waals surface area (Å²) in [5.41, 5.74) is 7.19. The summed E-state index contributed by atoms with van der Waals surface area (Å²) in [6.45, 7) is 5.59. The Hall–Kier alpha value is -1.35. The lowest BCUT2D eigenvalue weighted by molar-refractivity contribution is 0.1000. The number of hydrogen-bond acceptors (Lipinski definition) is 2. The second-order valence-electron chi connectivity index (χ2n) is 4.72. The van der Waals surface area contributed by atoms with Gasteiger partial charge in [-0.25, -0.2) is 0 Å². The first-order valence-corrected chi connectivity index (χ1v) is 6.33. The highest BCUT2D eigenvalue weighted by atomic mass is 16.1. The van der Waals surface area contributed by atoms with Gasteiger partial charge in [0.25, 0.3) is 0 Å². The van der Waals surface area contributed by atoms with Gasteiger partial charge in [-0.15, -0.1) is 0 Å². The number of nitrogens with zero attached hydrogens (tertiary/aromatic N) is 1. The largest absolute Gasteiger partial charge is 0.366 e. The van der Waals surface area contributed by atoms with Crippen molar-refractivity contribution in [1.82, 2.24) is 4.90 Å². The van der Waals surface area contributed by atoms with Gasteiger partial charge in [-0.3, -0.25) is 4.79 Å². The van der Waals surface area contributed by atoms with Crippen molar-refractivity contribution in [2.45, 2.75) is 25.7 Å². The van der Waals surface area contributed by atoms with Crippen molar-refractivity contribution in [1.29, 1.82) is 0 Å². The molecule has 1 fully saturated rings. The van der Waals surface area contributed by atoms with Gasteiger partial charge in [-0.1, -0.05) is 19.1 Å². The molecule has 1 aromatic rings. The smallest absolute Gasteiger partial charge is 0.248 e. The SMILES string of the molecule is CCN1CCC[C@@H](c2cccc(C(N)=O)c2)C1. The summed E-state index contributed by atoms with van der Waals surface area (Å²) >= 11 is 0. The minimum atomic E-state index is -0.338. The van der Waals surface area contributed by atoms with Crippen molar-refractivity contribution in [3.8, 4) is 0 Å². The predicted octanol–water partition coefficient (Wildman–Crippen LogP) is 1.98. The molecule has 0 spiro atoms. The van der Waals surface area contributed by atoms with E-state index in [0.29, 0.717) is 11.5 Å². The van der Waals surface area contributed by atoms with Crippen LogP contribution in [0.1, 0.15) is 41.6 Å². The molecule has 0 aromatic heterocycles. The van der Waals surface area contributed by atoms with Gasteiger partial charge >= 0.3 is 0 Å². The van der Waals surface area contributed by atoms with E-state index in [1.807, 2.05) is 12.1 Å². The van der Waals surface area contributed by atoms with Gasteiger partial charge in [0.2, 0.25) is 5.91 Å². The second kappa shape index (κ2) is 5.32. The normalized spacial score (nSPS) is 21.4. The lowest BCUT2D eigenvalue weighted by Crippen LogP contribution is -2.34. The summed E-state index contributed by atoms with van der Waals surface area (Å²) in [6, 6.07) is 7.77.